The van der Waals surface area contributed by atoms with E-state index < -0.39 is 0 Å². The van der Waals surface area contributed by atoms with Gasteiger partial charge >= 0.3 is 0 Å². The number of morpholine rings is 1. The predicted octanol–water partition coefficient (Wildman–Crippen LogP) is 3.71. The minimum absolute atomic E-state index is 0. The first-order valence-electron chi connectivity index (χ1n) is 11.7. The Morgan fingerprint density at radius 3 is 2.82 bits per heavy atom. The molecule has 0 atom stereocenters. The molecule has 0 radical (unpaired) electrons. The first-order chi connectivity index (χ1) is 16.2. The molecule has 34 heavy (non-hydrogen) atoms. The molecule has 1 saturated heterocycles. The molecule has 0 saturated carbocycles. The number of aromatic nitrogens is 1. The number of fused-ring (bicyclic) bond motifs is 1. The van der Waals surface area contributed by atoms with Crippen molar-refractivity contribution in [1.29, 1.82) is 0 Å². The lowest BCUT2D eigenvalue weighted by Gasteiger charge is -2.26. The minimum Gasteiger partial charge on any atom is -0.492 e. The molecule has 1 aliphatic rings. The molecule has 1 fully saturated rings. The van der Waals surface area contributed by atoms with E-state index in [2.05, 4.69) is 69.0 Å². The molecule has 2 aromatic carbocycles. The van der Waals surface area contributed by atoms with Crippen LogP contribution in [0.25, 0.3) is 10.9 Å². The summed E-state index contributed by atoms with van der Waals surface area (Å²) in [6, 6.07) is 14.8. The monoisotopic (exact) mass is 577 g/mol. The fourth-order valence-corrected chi connectivity index (χ4v) is 4.09. The number of nitrogens with one attached hydrogen (secondary N) is 3. The van der Waals surface area contributed by atoms with Crippen molar-refractivity contribution < 1.29 is 9.47 Å². The summed E-state index contributed by atoms with van der Waals surface area (Å²) in [5, 5.41) is 8.10. The number of aliphatic imine (C=N–C) groups is 1. The average Bonchev–Trinajstić information content (AvgIpc) is 3.24. The van der Waals surface area contributed by atoms with Gasteiger partial charge in [0.1, 0.15) is 12.4 Å². The van der Waals surface area contributed by atoms with Gasteiger partial charge in [0.2, 0.25) is 0 Å². The standard InChI is InChI=1S/C26H35N5O2.HI/c1-20-6-7-24-22(19-29-25(24)16-20)8-9-28-26(27-2)30-18-21-4-3-5-23(17-21)33-15-12-31-10-13-32-14-11-31;/h3-7,16-17,19,29H,8-15,18H2,1-2H3,(H2,27,28,30);1H. The highest BCUT2D eigenvalue weighted by molar-refractivity contribution is 14.0. The van der Waals surface area contributed by atoms with Crippen molar-refractivity contribution in [3.05, 3.63) is 65.4 Å². The maximum atomic E-state index is 5.97. The van der Waals surface area contributed by atoms with Crippen molar-refractivity contribution in [2.24, 2.45) is 4.99 Å². The van der Waals surface area contributed by atoms with Gasteiger partial charge in [0.15, 0.2) is 5.96 Å². The van der Waals surface area contributed by atoms with Gasteiger partial charge in [0.05, 0.1) is 13.2 Å². The second-order valence-electron chi connectivity index (χ2n) is 8.42. The third-order valence-corrected chi connectivity index (χ3v) is 5.97. The highest BCUT2D eigenvalue weighted by Gasteiger charge is 2.10. The number of nitrogens with zero attached hydrogens (tertiary/aromatic N) is 2. The highest BCUT2D eigenvalue weighted by atomic mass is 127. The van der Waals surface area contributed by atoms with Crippen molar-refractivity contribution in [1.82, 2.24) is 20.5 Å². The third-order valence-electron chi connectivity index (χ3n) is 5.97. The number of aromatic amines is 1. The number of guanidine groups is 1. The number of halogens is 1. The second-order valence-corrected chi connectivity index (χ2v) is 8.42. The summed E-state index contributed by atoms with van der Waals surface area (Å²) in [7, 11) is 1.80. The van der Waals surface area contributed by atoms with Crippen molar-refractivity contribution in [3.63, 3.8) is 0 Å². The minimum atomic E-state index is 0. The van der Waals surface area contributed by atoms with Crippen LogP contribution in [0.3, 0.4) is 0 Å². The molecular formula is C26H36IN5O2. The molecule has 1 aliphatic heterocycles. The number of rotatable bonds is 9. The Balaban J connectivity index is 0.00000324. The Hall–Kier alpha value is -2.30. The van der Waals surface area contributed by atoms with Crippen LogP contribution >= 0.6 is 24.0 Å². The Kier molecular flexibility index (Phi) is 10.5. The highest BCUT2D eigenvalue weighted by Crippen LogP contribution is 2.19. The van der Waals surface area contributed by atoms with Crippen LogP contribution in [0.5, 0.6) is 5.75 Å². The van der Waals surface area contributed by atoms with Gasteiger partial charge in [-0.25, -0.2) is 0 Å². The number of hydrogen-bond acceptors (Lipinski definition) is 4. The molecule has 0 spiro atoms. The van der Waals surface area contributed by atoms with Gasteiger partial charge in [-0.3, -0.25) is 9.89 Å². The van der Waals surface area contributed by atoms with E-state index in [-0.39, 0.29) is 24.0 Å². The first-order valence-corrected chi connectivity index (χ1v) is 11.7. The van der Waals surface area contributed by atoms with Crippen LogP contribution in [0.4, 0.5) is 0 Å². The fraction of sp³-hybridized carbons (Fsp3) is 0.423. The number of hydrogen-bond donors (Lipinski definition) is 3. The predicted molar refractivity (Wildman–Crippen MR) is 150 cm³/mol. The lowest BCUT2D eigenvalue weighted by molar-refractivity contribution is 0.0322. The van der Waals surface area contributed by atoms with E-state index >= 15 is 0 Å². The van der Waals surface area contributed by atoms with Crippen molar-refractivity contribution >= 4 is 40.8 Å². The average molecular weight is 578 g/mol. The van der Waals surface area contributed by atoms with E-state index in [1.165, 1.54) is 22.0 Å². The molecule has 1 aromatic heterocycles. The molecule has 0 bridgehead atoms. The lowest BCUT2D eigenvalue weighted by Crippen LogP contribution is -2.38. The van der Waals surface area contributed by atoms with E-state index in [4.69, 9.17) is 9.47 Å². The molecule has 3 aromatic rings. The van der Waals surface area contributed by atoms with Crippen LogP contribution in [0, 0.1) is 6.92 Å². The van der Waals surface area contributed by atoms with Crippen LogP contribution in [0.1, 0.15) is 16.7 Å². The zero-order chi connectivity index (χ0) is 22.9. The summed E-state index contributed by atoms with van der Waals surface area (Å²) in [5.74, 6) is 1.70. The number of ether oxygens (including phenoxy) is 2. The van der Waals surface area contributed by atoms with Crippen LogP contribution in [-0.2, 0) is 17.7 Å². The Morgan fingerprint density at radius 1 is 1.15 bits per heavy atom. The SMILES string of the molecule is CN=C(NCCc1c[nH]c2cc(C)ccc12)NCc1cccc(OCCN2CCOCC2)c1.I. The summed E-state index contributed by atoms with van der Waals surface area (Å²) in [4.78, 5) is 10.1. The Labute approximate surface area is 219 Å². The molecule has 3 N–H and O–H groups in total. The van der Waals surface area contributed by atoms with Gasteiger partial charge in [-0.1, -0.05) is 24.3 Å². The van der Waals surface area contributed by atoms with Gasteiger partial charge in [-0.05, 0) is 48.2 Å². The fourth-order valence-electron chi connectivity index (χ4n) is 4.09. The molecule has 4 rings (SSSR count). The Morgan fingerprint density at radius 2 is 2.00 bits per heavy atom. The van der Waals surface area contributed by atoms with Gasteiger partial charge in [-0.15, -0.1) is 24.0 Å². The van der Waals surface area contributed by atoms with E-state index in [1.54, 1.807) is 7.05 Å². The first kappa shape index (κ1) is 26.3. The van der Waals surface area contributed by atoms with Crippen LogP contribution in [0.15, 0.2) is 53.7 Å². The topological polar surface area (TPSA) is 73.9 Å². The normalized spacial score (nSPS) is 14.6. The van der Waals surface area contributed by atoms with Crippen LogP contribution in [0.2, 0.25) is 0 Å². The van der Waals surface area contributed by atoms with Crippen molar-refractivity contribution in [2.45, 2.75) is 19.9 Å². The maximum Gasteiger partial charge on any atom is 0.191 e. The van der Waals surface area contributed by atoms with E-state index in [0.717, 1.165) is 63.1 Å². The quantitative estimate of drug-likeness (QED) is 0.206. The van der Waals surface area contributed by atoms with Gasteiger partial charge < -0.3 is 25.1 Å². The molecular weight excluding hydrogens is 541 g/mol. The smallest absolute Gasteiger partial charge is 0.191 e. The molecule has 0 amide bonds. The molecule has 2 heterocycles. The summed E-state index contributed by atoms with van der Waals surface area (Å²) in [6.07, 6.45) is 3.03. The van der Waals surface area contributed by atoms with Gasteiger partial charge in [-0.2, -0.15) is 0 Å². The maximum absolute atomic E-state index is 5.97. The molecule has 0 unspecified atom stereocenters. The molecule has 0 aliphatic carbocycles. The molecule has 8 heteroatoms. The van der Waals surface area contributed by atoms with Crippen LogP contribution in [-0.4, -0.2) is 68.9 Å². The molecule has 7 nitrogen and oxygen atoms in total. The number of H-pyrrole nitrogens is 1. The van der Waals surface area contributed by atoms with E-state index in [0.29, 0.717) is 13.2 Å². The summed E-state index contributed by atoms with van der Waals surface area (Å²) >= 11 is 0. The van der Waals surface area contributed by atoms with Crippen molar-refractivity contribution in [2.75, 3.05) is 53.0 Å². The summed E-state index contributed by atoms with van der Waals surface area (Å²) in [5.41, 5.74) is 4.94. The number of benzene rings is 2. The van der Waals surface area contributed by atoms with Gasteiger partial charge in [0.25, 0.3) is 0 Å². The van der Waals surface area contributed by atoms with Crippen molar-refractivity contribution in [3.8, 4) is 5.75 Å². The second kappa shape index (κ2) is 13.6. The van der Waals surface area contributed by atoms with Gasteiger partial charge in [0, 0.05) is 56.9 Å². The van der Waals surface area contributed by atoms with E-state index in [1.807, 2.05) is 12.1 Å². The van der Waals surface area contributed by atoms with Crippen LogP contribution < -0.4 is 15.4 Å². The number of aryl methyl sites for hydroxylation is 1. The molecule has 184 valence electrons. The largest absolute Gasteiger partial charge is 0.492 e. The zero-order valence-electron chi connectivity index (χ0n) is 20.1. The third kappa shape index (κ3) is 7.61. The summed E-state index contributed by atoms with van der Waals surface area (Å²) < 4.78 is 11.4. The zero-order valence-corrected chi connectivity index (χ0v) is 22.4. The summed E-state index contributed by atoms with van der Waals surface area (Å²) in [6.45, 7) is 8.84. The lowest BCUT2D eigenvalue weighted by atomic mass is 10.1. The Bertz CT molecular complexity index is 1060. The van der Waals surface area contributed by atoms with E-state index in [9.17, 15) is 0 Å².